The summed E-state index contributed by atoms with van der Waals surface area (Å²) in [5.41, 5.74) is 5.45. The Balaban J connectivity index is 1.93. The van der Waals surface area contributed by atoms with E-state index in [0.29, 0.717) is 5.92 Å². The first-order chi connectivity index (χ1) is 9.28. The lowest BCUT2D eigenvalue weighted by Crippen LogP contribution is -2.39. The molecule has 0 saturated carbocycles. The Hall–Kier alpha value is -1.25. The van der Waals surface area contributed by atoms with Crippen molar-refractivity contribution in [2.24, 2.45) is 0 Å². The molecule has 2 heteroatoms. The lowest BCUT2D eigenvalue weighted by Gasteiger charge is -2.27. The van der Waals surface area contributed by atoms with Gasteiger partial charge >= 0.3 is 0 Å². The third kappa shape index (κ3) is 2.56. The monoisotopic (exact) mass is 269 g/mol. The zero-order valence-corrected chi connectivity index (χ0v) is 12.3. The van der Waals surface area contributed by atoms with E-state index < -0.39 is 0 Å². The Morgan fingerprint density at radius 2 is 1.79 bits per heavy atom. The van der Waals surface area contributed by atoms with Crippen molar-refractivity contribution in [3.05, 3.63) is 53.6 Å². The summed E-state index contributed by atoms with van der Waals surface area (Å²) in [6.07, 6.45) is 2.15. The van der Waals surface area contributed by atoms with Gasteiger partial charge in [0.25, 0.3) is 0 Å². The van der Waals surface area contributed by atoms with Crippen LogP contribution in [-0.2, 0) is 0 Å². The van der Waals surface area contributed by atoms with Gasteiger partial charge in [0.1, 0.15) is 0 Å². The SMILES string of the molecule is CSc1cc(C)ccc1-c1ccc(C2CNC2)cc1. The van der Waals surface area contributed by atoms with E-state index in [1.807, 2.05) is 11.8 Å². The lowest BCUT2D eigenvalue weighted by atomic mass is 9.92. The molecule has 0 unspecified atom stereocenters. The maximum Gasteiger partial charge on any atom is 0.0150 e. The van der Waals surface area contributed by atoms with Crippen LogP contribution in [0, 0.1) is 6.92 Å². The van der Waals surface area contributed by atoms with Gasteiger partial charge in [-0.1, -0.05) is 36.4 Å². The van der Waals surface area contributed by atoms with Crippen molar-refractivity contribution in [2.75, 3.05) is 19.3 Å². The first-order valence-corrected chi connectivity index (χ1v) is 7.96. The molecule has 0 aliphatic carbocycles. The van der Waals surface area contributed by atoms with Gasteiger partial charge in [0, 0.05) is 23.9 Å². The van der Waals surface area contributed by atoms with E-state index in [1.165, 1.54) is 27.1 Å². The summed E-state index contributed by atoms with van der Waals surface area (Å²) < 4.78 is 0. The number of aryl methyl sites for hydroxylation is 1. The Morgan fingerprint density at radius 3 is 2.37 bits per heavy atom. The Morgan fingerprint density at radius 1 is 1.05 bits per heavy atom. The maximum absolute atomic E-state index is 3.33. The molecule has 0 radical (unpaired) electrons. The molecule has 19 heavy (non-hydrogen) atoms. The van der Waals surface area contributed by atoms with Crippen LogP contribution in [0.1, 0.15) is 17.0 Å². The molecule has 3 rings (SSSR count). The Labute approximate surface area is 119 Å². The van der Waals surface area contributed by atoms with Crippen LogP contribution in [0.25, 0.3) is 11.1 Å². The molecule has 0 spiro atoms. The molecule has 1 nitrogen and oxygen atoms in total. The number of thioether (sulfide) groups is 1. The van der Waals surface area contributed by atoms with E-state index in [-0.39, 0.29) is 0 Å². The van der Waals surface area contributed by atoms with Crippen molar-refractivity contribution in [2.45, 2.75) is 17.7 Å². The van der Waals surface area contributed by atoms with E-state index in [1.54, 1.807) is 0 Å². The van der Waals surface area contributed by atoms with E-state index >= 15 is 0 Å². The molecule has 2 aromatic rings. The summed E-state index contributed by atoms with van der Waals surface area (Å²) >= 11 is 1.82. The molecule has 98 valence electrons. The van der Waals surface area contributed by atoms with Crippen LogP contribution in [0.15, 0.2) is 47.4 Å². The van der Waals surface area contributed by atoms with Crippen LogP contribution in [0.5, 0.6) is 0 Å². The normalized spacial score (nSPS) is 15.3. The number of nitrogens with one attached hydrogen (secondary N) is 1. The minimum Gasteiger partial charge on any atom is -0.315 e. The summed E-state index contributed by atoms with van der Waals surface area (Å²) in [6.45, 7) is 4.40. The molecule has 1 N–H and O–H groups in total. The molecular formula is C17H19NS. The maximum atomic E-state index is 3.33. The summed E-state index contributed by atoms with van der Waals surface area (Å²) in [5, 5.41) is 3.33. The lowest BCUT2D eigenvalue weighted by molar-refractivity contribution is 0.448. The van der Waals surface area contributed by atoms with Crippen LogP contribution in [0.2, 0.25) is 0 Å². The van der Waals surface area contributed by atoms with Crippen LogP contribution in [0.4, 0.5) is 0 Å². The van der Waals surface area contributed by atoms with Gasteiger partial charge in [0.2, 0.25) is 0 Å². The van der Waals surface area contributed by atoms with E-state index in [4.69, 9.17) is 0 Å². The molecule has 0 amide bonds. The van der Waals surface area contributed by atoms with Crippen LogP contribution >= 0.6 is 11.8 Å². The van der Waals surface area contributed by atoms with Gasteiger partial charge in [0.05, 0.1) is 0 Å². The number of rotatable bonds is 3. The van der Waals surface area contributed by atoms with Gasteiger partial charge in [-0.25, -0.2) is 0 Å². The minimum atomic E-state index is 0.715. The molecule has 1 heterocycles. The first kappa shape index (κ1) is 12.8. The highest BCUT2D eigenvalue weighted by Gasteiger charge is 2.18. The molecule has 0 aromatic heterocycles. The van der Waals surface area contributed by atoms with Crippen molar-refractivity contribution in [1.82, 2.24) is 5.32 Å². The zero-order valence-electron chi connectivity index (χ0n) is 11.4. The van der Waals surface area contributed by atoms with Crippen molar-refractivity contribution in [3.8, 4) is 11.1 Å². The fourth-order valence-corrected chi connectivity index (χ4v) is 3.21. The molecule has 1 aliphatic heterocycles. The number of benzene rings is 2. The predicted octanol–water partition coefficient (Wildman–Crippen LogP) is 4.07. The highest BCUT2D eigenvalue weighted by Crippen LogP contribution is 2.32. The van der Waals surface area contributed by atoms with Crippen LogP contribution < -0.4 is 5.32 Å². The molecular weight excluding hydrogens is 250 g/mol. The smallest absolute Gasteiger partial charge is 0.0150 e. The van der Waals surface area contributed by atoms with E-state index in [0.717, 1.165) is 13.1 Å². The molecule has 2 aromatic carbocycles. The highest BCUT2D eigenvalue weighted by atomic mass is 32.2. The quantitative estimate of drug-likeness (QED) is 0.843. The van der Waals surface area contributed by atoms with Gasteiger partial charge < -0.3 is 5.32 Å². The van der Waals surface area contributed by atoms with Gasteiger partial charge in [-0.05, 0) is 41.5 Å². The van der Waals surface area contributed by atoms with Gasteiger partial charge in [0.15, 0.2) is 0 Å². The van der Waals surface area contributed by atoms with E-state index in [2.05, 4.69) is 61.0 Å². The van der Waals surface area contributed by atoms with Crippen LogP contribution in [0.3, 0.4) is 0 Å². The zero-order chi connectivity index (χ0) is 13.2. The summed E-state index contributed by atoms with van der Waals surface area (Å²) in [5.74, 6) is 0.715. The second kappa shape index (κ2) is 5.40. The molecule has 0 atom stereocenters. The summed E-state index contributed by atoms with van der Waals surface area (Å²) in [6, 6.07) is 15.8. The fraction of sp³-hybridized carbons (Fsp3) is 0.294. The van der Waals surface area contributed by atoms with Crippen molar-refractivity contribution in [1.29, 1.82) is 0 Å². The second-order valence-corrected chi connectivity index (χ2v) is 6.03. The second-order valence-electron chi connectivity index (χ2n) is 5.18. The number of hydrogen-bond acceptors (Lipinski definition) is 2. The Bertz CT molecular complexity index is 570. The van der Waals surface area contributed by atoms with Crippen LogP contribution in [-0.4, -0.2) is 19.3 Å². The molecule has 1 saturated heterocycles. The molecule has 0 bridgehead atoms. The molecule has 1 fully saturated rings. The summed E-state index contributed by atoms with van der Waals surface area (Å²) in [7, 11) is 0. The first-order valence-electron chi connectivity index (χ1n) is 6.73. The average Bonchev–Trinajstić information content (AvgIpc) is 2.38. The van der Waals surface area contributed by atoms with E-state index in [9.17, 15) is 0 Å². The van der Waals surface area contributed by atoms with Gasteiger partial charge in [-0.2, -0.15) is 0 Å². The van der Waals surface area contributed by atoms with Crippen molar-refractivity contribution in [3.63, 3.8) is 0 Å². The van der Waals surface area contributed by atoms with Crippen molar-refractivity contribution < 1.29 is 0 Å². The largest absolute Gasteiger partial charge is 0.315 e. The third-order valence-electron chi connectivity index (χ3n) is 3.83. The topological polar surface area (TPSA) is 12.0 Å². The van der Waals surface area contributed by atoms with Crippen molar-refractivity contribution >= 4 is 11.8 Å². The predicted molar refractivity (Wildman–Crippen MR) is 84.0 cm³/mol. The summed E-state index contributed by atoms with van der Waals surface area (Å²) in [4.78, 5) is 1.36. The molecule has 1 aliphatic rings. The minimum absolute atomic E-state index is 0.715. The van der Waals surface area contributed by atoms with Gasteiger partial charge in [-0.3, -0.25) is 0 Å². The fourth-order valence-electron chi connectivity index (χ4n) is 2.50. The van der Waals surface area contributed by atoms with Gasteiger partial charge in [-0.15, -0.1) is 11.8 Å². The highest BCUT2D eigenvalue weighted by molar-refractivity contribution is 7.98. The third-order valence-corrected chi connectivity index (χ3v) is 4.61. The number of hydrogen-bond donors (Lipinski definition) is 1. The average molecular weight is 269 g/mol. The standard InChI is InChI=1S/C17H19NS/c1-12-3-8-16(17(9-12)19-2)14-6-4-13(5-7-14)15-10-18-11-15/h3-9,15,18H,10-11H2,1-2H3. The Kier molecular flexibility index (Phi) is 3.63.